The van der Waals surface area contributed by atoms with Gasteiger partial charge in [-0.25, -0.2) is 0 Å². The lowest BCUT2D eigenvalue weighted by molar-refractivity contribution is -0.554. The van der Waals surface area contributed by atoms with Crippen molar-refractivity contribution in [3.8, 4) is 0 Å². The Kier molecular flexibility index (Phi) is 3.69. The summed E-state index contributed by atoms with van der Waals surface area (Å²) >= 11 is 0. The topological polar surface area (TPSA) is 40.4 Å². The first kappa shape index (κ1) is 13.7. The minimum Gasteiger partial charge on any atom is -0.292 e. The van der Waals surface area contributed by atoms with E-state index in [4.69, 9.17) is 0 Å². The van der Waals surface area contributed by atoms with E-state index in [9.17, 15) is 9.70 Å². The summed E-state index contributed by atoms with van der Waals surface area (Å²) in [7, 11) is 0. The van der Waals surface area contributed by atoms with Gasteiger partial charge in [0.05, 0.1) is 16.9 Å². The second-order valence-corrected chi connectivity index (χ2v) is 5.70. The molecule has 0 amide bonds. The SMILES string of the molecule is CC(C)C1C(=O)C[N+](=O)N(C(C)C)c2ccccc21. The van der Waals surface area contributed by atoms with Crippen molar-refractivity contribution in [3.05, 3.63) is 34.7 Å². The normalized spacial score (nSPS) is 19.9. The minimum absolute atomic E-state index is 0.000556. The number of para-hydroxylation sites is 1. The van der Waals surface area contributed by atoms with Crippen LogP contribution in [0.5, 0.6) is 0 Å². The third-order valence-corrected chi connectivity index (χ3v) is 3.55. The summed E-state index contributed by atoms with van der Waals surface area (Å²) in [6.07, 6.45) is 0. The van der Waals surface area contributed by atoms with E-state index in [1.165, 1.54) is 0 Å². The van der Waals surface area contributed by atoms with Crippen LogP contribution in [0.1, 0.15) is 39.2 Å². The predicted molar refractivity (Wildman–Crippen MR) is 75.1 cm³/mol. The lowest BCUT2D eigenvalue weighted by Gasteiger charge is -2.21. The van der Waals surface area contributed by atoms with Crippen LogP contribution in [0.3, 0.4) is 0 Å². The van der Waals surface area contributed by atoms with Crippen LogP contribution in [0.15, 0.2) is 24.3 Å². The van der Waals surface area contributed by atoms with E-state index >= 15 is 0 Å². The fraction of sp³-hybridized carbons (Fsp3) is 0.533. The summed E-state index contributed by atoms with van der Waals surface area (Å²) in [6.45, 7) is 7.90. The number of benzene rings is 1. The van der Waals surface area contributed by atoms with Crippen molar-refractivity contribution >= 4 is 11.5 Å². The van der Waals surface area contributed by atoms with E-state index in [-0.39, 0.29) is 30.2 Å². The Morgan fingerprint density at radius 2 is 1.84 bits per heavy atom. The summed E-state index contributed by atoms with van der Waals surface area (Å²) in [5.74, 6) is -0.00818. The molecule has 1 aliphatic heterocycles. The molecule has 1 unspecified atom stereocenters. The van der Waals surface area contributed by atoms with Crippen LogP contribution in [0.2, 0.25) is 0 Å². The molecule has 0 aromatic heterocycles. The molecule has 19 heavy (non-hydrogen) atoms. The quantitative estimate of drug-likeness (QED) is 0.768. The van der Waals surface area contributed by atoms with Crippen LogP contribution in [-0.4, -0.2) is 23.2 Å². The maximum Gasteiger partial charge on any atom is 0.283 e. The summed E-state index contributed by atoms with van der Waals surface area (Å²) in [6, 6.07) is 7.76. The van der Waals surface area contributed by atoms with Gasteiger partial charge in [0.2, 0.25) is 5.78 Å². The monoisotopic (exact) mass is 261 g/mol. The number of carbonyl (C=O) groups excluding carboxylic acids is 1. The molecule has 0 radical (unpaired) electrons. The number of carbonyl (C=O) groups is 1. The highest BCUT2D eigenvalue weighted by Crippen LogP contribution is 2.36. The average Bonchev–Trinajstić information content (AvgIpc) is 2.40. The van der Waals surface area contributed by atoms with Gasteiger partial charge in [-0.1, -0.05) is 32.0 Å². The van der Waals surface area contributed by atoms with Crippen molar-refractivity contribution in [1.82, 2.24) is 0 Å². The highest BCUT2D eigenvalue weighted by atomic mass is 16.3. The van der Waals surface area contributed by atoms with Crippen LogP contribution in [0, 0.1) is 10.8 Å². The van der Waals surface area contributed by atoms with Crippen molar-refractivity contribution in [2.45, 2.75) is 39.7 Å². The second kappa shape index (κ2) is 5.11. The predicted octanol–water partition coefficient (Wildman–Crippen LogP) is 2.92. The third kappa shape index (κ3) is 2.39. The highest BCUT2D eigenvalue weighted by molar-refractivity contribution is 5.89. The Hall–Kier alpha value is -1.71. The van der Waals surface area contributed by atoms with Gasteiger partial charge < -0.3 is 0 Å². The molecule has 2 rings (SSSR count). The Bertz CT molecular complexity index is 464. The summed E-state index contributed by atoms with van der Waals surface area (Å²) in [5, 5.41) is 1.68. The molecule has 0 spiro atoms. The molecule has 102 valence electrons. The number of hydrogen-bond donors (Lipinski definition) is 0. The molecular formula is C15H21N2O2+. The first-order valence-corrected chi connectivity index (χ1v) is 6.79. The van der Waals surface area contributed by atoms with E-state index in [0.29, 0.717) is 0 Å². The molecular weight excluding hydrogens is 240 g/mol. The third-order valence-electron chi connectivity index (χ3n) is 3.55. The van der Waals surface area contributed by atoms with Gasteiger partial charge in [-0.2, -0.15) is 0 Å². The van der Waals surface area contributed by atoms with Crippen molar-refractivity contribution in [1.29, 1.82) is 0 Å². The molecule has 0 saturated carbocycles. The van der Waals surface area contributed by atoms with Crippen LogP contribution in [0.25, 0.3) is 0 Å². The van der Waals surface area contributed by atoms with Gasteiger partial charge in [0.1, 0.15) is 10.6 Å². The number of Topliss-reactive ketones (excluding diaryl/α,β-unsaturated/α-hetero) is 1. The van der Waals surface area contributed by atoms with Crippen molar-refractivity contribution in [3.63, 3.8) is 0 Å². The molecule has 0 bridgehead atoms. The van der Waals surface area contributed by atoms with E-state index in [1.807, 2.05) is 52.0 Å². The van der Waals surface area contributed by atoms with Gasteiger partial charge in [-0.15, -0.1) is 5.01 Å². The van der Waals surface area contributed by atoms with Crippen molar-refractivity contribution in [2.24, 2.45) is 5.92 Å². The Morgan fingerprint density at radius 1 is 1.21 bits per heavy atom. The number of nitroso groups, excluding NO2 is 1. The molecule has 4 heteroatoms. The molecule has 0 fully saturated rings. The van der Waals surface area contributed by atoms with Gasteiger partial charge in [0, 0.05) is 0 Å². The zero-order chi connectivity index (χ0) is 14.2. The van der Waals surface area contributed by atoms with E-state index in [2.05, 4.69) is 0 Å². The molecule has 0 N–H and O–H groups in total. The fourth-order valence-electron chi connectivity index (χ4n) is 2.83. The standard InChI is InChI=1S/C15H21N2O2/c1-10(2)15-12-7-5-6-8-13(12)17(11(3)4)16(19)9-14(15)18/h5-8,10-11,15H,9H2,1-4H3/q+1. The summed E-state index contributed by atoms with van der Waals surface area (Å²) in [5.41, 5.74) is 1.83. The number of nitrogens with zero attached hydrogens (tertiary/aromatic N) is 2. The van der Waals surface area contributed by atoms with Gasteiger partial charge in [-0.05, 0) is 31.4 Å². The zero-order valence-corrected chi connectivity index (χ0v) is 12.0. The fourth-order valence-corrected chi connectivity index (χ4v) is 2.83. The Labute approximate surface area is 114 Å². The van der Waals surface area contributed by atoms with Crippen molar-refractivity contribution < 1.29 is 9.66 Å². The molecule has 1 aromatic rings. The van der Waals surface area contributed by atoms with E-state index in [0.717, 1.165) is 16.1 Å². The van der Waals surface area contributed by atoms with Crippen LogP contribution < -0.4 is 5.01 Å². The Morgan fingerprint density at radius 3 is 2.42 bits per heavy atom. The van der Waals surface area contributed by atoms with Gasteiger partial charge in [0.15, 0.2) is 0 Å². The lowest BCUT2D eigenvalue weighted by atomic mass is 9.84. The maximum atomic E-state index is 12.3. The summed E-state index contributed by atoms with van der Waals surface area (Å²) < 4.78 is 0. The van der Waals surface area contributed by atoms with Gasteiger partial charge >= 0.3 is 0 Å². The summed E-state index contributed by atoms with van der Waals surface area (Å²) in [4.78, 5) is 25.3. The van der Waals surface area contributed by atoms with E-state index in [1.54, 1.807) is 5.01 Å². The molecule has 0 aliphatic carbocycles. The zero-order valence-electron chi connectivity index (χ0n) is 12.0. The molecule has 1 atom stereocenters. The number of fused-ring (bicyclic) bond motifs is 1. The van der Waals surface area contributed by atoms with Crippen molar-refractivity contribution in [2.75, 3.05) is 11.6 Å². The van der Waals surface area contributed by atoms with E-state index < -0.39 is 0 Å². The Balaban J connectivity index is 2.63. The number of hydrogen-bond acceptors (Lipinski definition) is 2. The molecule has 4 nitrogen and oxygen atoms in total. The maximum absolute atomic E-state index is 12.3. The molecule has 1 aromatic carbocycles. The molecule has 1 heterocycles. The number of rotatable bonds is 2. The average molecular weight is 261 g/mol. The van der Waals surface area contributed by atoms with Crippen LogP contribution in [0.4, 0.5) is 5.69 Å². The van der Waals surface area contributed by atoms with Gasteiger partial charge in [-0.3, -0.25) is 4.79 Å². The first-order chi connectivity index (χ1) is 8.93. The van der Waals surface area contributed by atoms with Crippen LogP contribution >= 0.6 is 0 Å². The molecule has 1 aliphatic rings. The highest BCUT2D eigenvalue weighted by Gasteiger charge is 2.40. The first-order valence-electron chi connectivity index (χ1n) is 6.79. The lowest BCUT2D eigenvalue weighted by Crippen LogP contribution is -2.40. The van der Waals surface area contributed by atoms with Crippen LogP contribution in [-0.2, 0) is 4.79 Å². The number of anilines is 1. The number of hydrazine groups is 1. The second-order valence-electron chi connectivity index (χ2n) is 5.70. The minimum atomic E-state index is -0.198. The largest absolute Gasteiger partial charge is 0.292 e. The van der Waals surface area contributed by atoms with Gasteiger partial charge in [0.25, 0.3) is 6.54 Å². The smallest absolute Gasteiger partial charge is 0.283 e. The number of ketones is 1. The molecule has 0 saturated heterocycles.